The van der Waals surface area contributed by atoms with Crippen LogP contribution in [-0.2, 0) is 9.59 Å². The fourth-order valence-corrected chi connectivity index (χ4v) is 4.84. The molecule has 4 amide bonds. The van der Waals surface area contributed by atoms with Gasteiger partial charge in [0.15, 0.2) is 0 Å². The van der Waals surface area contributed by atoms with Crippen molar-refractivity contribution < 1.29 is 19.1 Å². The maximum atomic E-state index is 13.4. The van der Waals surface area contributed by atoms with Gasteiger partial charge in [0, 0.05) is 45.1 Å². The minimum absolute atomic E-state index is 0.144. The molecule has 0 aliphatic carbocycles. The highest BCUT2D eigenvalue weighted by Gasteiger charge is 2.50. The summed E-state index contributed by atoms with van der Waals surface area (Å²) in [4.78, 5) is 46.4. The second-order valence-electron chi connectivity index (χ2n) is 8.61. The van der Waals surface area contributed by atoms with Gasteiger partial charge in [-0.05, 0) is 36.4 Å². The number of piperazine rings is 1. The fraction of sp³-hybridized carbons (Fsp3) is 0.320. The van der Waals surface area contributed by atoms with Gasteiger partial charge >= 0.3 is 6.03 Å². The van der Waals surface area contributed by atoms with E-state index in [1.54, 1.807) is 54.4 Å². The van der Waals surface area contributed by atoms with E-state index in [2.05, 4.69) is 10.2 Å². The Morgan fingerprint density at radius 2 is 1.62 bits per heavy atom. The van der Waals surface area contributed by atoms with Crippen molar-refractivity contribution in [2.75, 3.05) is 50.1 Å². The summed E-state index contributed by atoms with van der Waals surface area (Å²) in [6.07, 6.45) is 1.69. The Morgan fingerprint density at radius 3 is 2.26 bits per heavy atom. The molecule has 0 saturated carbocycles. The largest absolute Gasteiger partial charge is 0.497 e. The lowest BCUT2D eigenvalue weighted by molar-refractivity contribution is -0.127. The van der Waals surface area contributed by atoms with E-state index in [0.29, 0.717) is 37.4 Å². The van der Waals surface area contributed by atoms with Gasteiger partial charge in [-0.1, -0.05) is 18.2 Å². The number of ether oxygens (including phenoxy) is 1. The number of amides is 4. The molecule has 2 saturated heterocycles. The van der Waals surface area contributed by atoms with Gasteiger partial charge in [0.25, 0.3) is 11.8 Å². The molecule has 9 nitrogen and oxygen atoms in total. The van der Waals surface area contributed by atoms with E-state index in [0.717, 1.165) is 16.3 Å². The number of benzene rings is 2. The van der Waals surface area contributed by atoms with E-state index in [9.17, 15) is 14.4 Å². The Balaban J connectivity index is 1.27. The lowest BCUT2D eigenvalue weighted by Gasteiger charge is -2.39. The quantitative estimate of drug-likeness (QED) is 0.746. The lowest BCUT2D eigenvalue weighted by Crippen LogP contribution is -2.65. The van der Waals surface area contributed by atoms with Gasteiger partial charge in [-0.25, -0.2) is 9.69 Å². The van der Waals surface area contributed by atoms with Crippen molar-refractivity contribution in [3.63, 3.8) is 0 Å². The molecular formula is C25H27N5O4. The Labute approximate surface area is 198 Å². The molecule has 3 aliphatic rings. The molecule has 2 aromatic rings. The van der Waals surface area contributed by atoms with E-state index in [-0.39, 0.29) is 11.8 Å². The summed E-state index contributed by atoms with van der Waals surface area (Å²) in [6.45, 7) is 2.51. The molecule has 0 spiro atoms. The highest BCUT2D eigenvalue weighted by Crippen LogP contribution is 2.30. The number of nitrogens with one attached hydrogen (secondary N) is 1. The van der Waals surface area contributed by atoms with Crippen molar-refractivity contribution in [1.29, 1.82) is 0 Å². The molecule has 9 heteroatoms. The topological polar surface area (TPSA) is 85.4 Å². The van der Waals surface area contributed by atoms with Gasteiger partial charge in [-0.15, -0.1) is 0 Å². The van der Waals surface area contributed by atoms with Crippen LogP contribution in [0.4, 0.5) is 16.2 Å². The van der Waals surface area contributed by atoms with Gasteiger partial charge in [0.1, 0.15) is 11.8 Å². The van der Waals surface area contributed by atoms with Crippen LogP contribution in [0.15, 0.2) is 66.4 Å². The van der Waals surface area contributed by atoms with Crippen molar-refractivity contribution >= 4 is 29.2 Å². The first kappa shape index (κ1) is 21.8. The number of para-hydroxylation sites is 1. The third-order valence-electron chi connectivity index (χ3n) is 6.65. The van der Waals surface area contributed by atoms with E-state index in [1.807, 2.05) is 30.3 Å². The molecule has 1 N–H and O–H groups in total. The zero-order valence-electron chi connectivity index (χ0n) is 19.2. The van der Waals surface area contributed by atoms with Gasteiger partial charge in [-0.3, -0.25) is 9.59 Å². The summed E-state index contributed by atoms with van der Waals surface area (Å²) in [5.74, 6) is 0.320. The number of hydrogen-bond acceptors (Lipinski definition) is 6. The van der Waals surface area contributed by atoms with E-state index < -0.39 is 18.1 Å². The Kier molecular flexibility index (Phi) is 5.61. The first-order chi connectivity index (χ1) is 16.5. The number of imide groups is 1. The molecule has 2 fully saturated rings. The zero-order chi connectivity index (χ0) is 23.8. The molecule has 34 heavy (non-hydrogen) atoms. The lowest BCUT2D eigenvalue weighted by atomic mass is 9.98. The maximum absolute atomic E-state index is 13.4. The summed E-state index contributed by atoms with van der Waals surface area (Å²) < 4.78 is 5.22. The minimum Gasteiger partial charge on any atom is -0.497 e. The van der Waals surface area contributed by atoms with E-state index in [1.165, 1.54) is 0 Å². The predicted octanol–water partition coefficient (Wildman–Crippen LogP) is 1.67. The van der Waals surface area contributed by atoms with Crippen LogP contribution in [0, 0.1) is 0 Å². The molecule has 2 unspecified atom stereocenters. The minimum atomic E-state index is -0.669. The zero-order valence-corrected chi connectivity index (χ0v) is 19.2. The highest BCUT2D eigenvalue weighted by molar-refractivity contribution is 6.19. The van der Waals surface area contributed by atoms with Crippen LogP contribution in [-0.4, -0.2) is 80.1 Å². The first-order valence-corrected chi connectivity index (χ1v) is 11.3. The van der Waals surface area contributed by atoms with E-state index in [4.69, 9.17) is 4.74 Å². The number of anilines is 2. The second-order valence-corrected chi connectivity index (χ2v) is 8.61. The molecule has 3 aliphatic heterocycles. The standard InChI is InChI=1S/C25H27N5O4/c1-27-16-20(21-22(27)24(32)30(25(33)26-21)18-6-4-3-5-7-18)23(31)29-14-12-28(13-15-29)17-8-10-19(34-2)11-9-17/h3-11,16,21-22H,12-15H2,1-2H3,(H,26,33). The smallest absolute Gasteiger partial charge is 0.329 e. The van der Waals surface area contributed by atoms with Gasteiger partial charge in [-0.2, -0.15) is 0 Å². The Hall–Kier alpha value is -4.01. The average molecular weight is 462 g/mol. The number of carbonyl (C=O) groups excluding carboxylic acids is 3. The molecule has 2 aromatic carbocycles. The normalized spacial score (nSPS) is 22.4. The number of likely N-dealkylation sites (N-methyl/N-ethyl adjacent to an activating group) is 1. The predicted molar refractivity (Wildman–Crippen MR) is 128 cm³/mol. The molecule has 0 radical (unpaired) electrons. The fourth-order valence-electron chi connectivity index (χ4n) is 4.84. The molecule has 3 heterocycles. The Morgan fingerprint density at radius 1 is 0.941 bits per heavy atom. The summed E-state index contributed by atoms with van der Waals surface area (Å²) in [6, 6.07) is 14.8. The van der Waals surface area contributed by atoms with Crippen molar-refractivity contribution in [3.8, 4) is 5.75 Å². The van der Waals surface area contributed by atoms with Crippen LogP contribution in [0.3, 0.4) is 0 Å². The molecule has 2 atom stereocenters. The first-order valence-electron chi connectivity index (χ1n) is 11.3. The molecule has 0 aromatic heterocycles. The molecule has 5 rings (SSSR count). The second kappa shape index (κ2) is 8.74. The van der Waals surface area contributed by atoms with Crippen LogP contribution >= 0.6 is 0 Å². The van der Waals surface area contributed by atoms with Crippen LogP contribution in [0.1, 0.15) is 0 Å². The van der Waals surface area contributed by atoms with Crippen LogP contribution < -0.4 is 19.9 Å². The van der Waals surface area contributed by atoms with Crippen molar-refractivity contribution in [2.24, 2.45) is 0 Å². The van der Waals surface area contributed by atoms with Crippen LogP contribution in [0.5, 0.6) is 5.75 Å². The number of rotatable bonds is 4. The van der Waals surface area contributed by atoms with E-state index >= 15 is 0 Å². The number of methoxy groups -OCH3 is 1. The average Bonchev–Trinajstić information content (AvgIpc) is 3.20. The number of urea groups is 1. The van der Waals surface area contributed by atoms with Gasteiger partial charge < -0.3 is 24.8 Å². The van der Waals surface area contributed by atoms with Crippen molar-refractivity contribution in [1.82, 2.24) is 15.1 Å². The van der Waals surface area contributed by atoms with Crippen LogP contribution in [0.25, 0.3) is 0 Å². The maximum Gasteiger partial charge on any atom is 0.329 e. The summed E-state index contributed by atoms with van der Waals surface area (Å²) >= 11 is 0. The third-order valence-corrected chi connectivity index (χ3v) is 6.65. The molecule has 176 valence electrons. The van der Waals surface area contributed by atoms with Crippen molar-refractivity contribution in [3.05, 3.63) is 66.4 Å². The van der Waals surface area contributed by atoms with Gasteiger partial charge in [0.2, 0.25) is 0 Å². The Bertz CT molecular complexity index is 1130. The number of fused-ring (bicyclic) bond motifs is 1. The SMILES string of the molecule is COc1ccc(N2CCN(C(=O)C3=CN(C)C4C(=O)N(c5ccccc5)C(=O)NC34)CC2)cc1. The highest BCUT2D eigenvalue weighted by atomic mass is 16.5. The number of nitrogens with zero attached hydrogens (tertiary/aromatic N) is 4. The molecule has 0 bridgehead atoms. The van der Waals surface area contributed by atoms with Crippen molar-refractivity contribution in [2.45, 2.75) is 12.1 Å². The molecular weight excluding hydrogens is 434 g/mol. The summed E-state index contributed by atoms with van der Waals surface area (Å²) in [5.41, 5.74) is 2.03. The monoisotopic (exact) mass is 461 g/mol. The third kappa shape index (κ3) is 3.72. The van der Waals surface area contributed by atoms with Gasteiger partial charge in [0.05, 0.1) is 24.4 Å². The number of hydrogen-bond donors (Lipinski definition) is 1. The number of carbonyl (C=O) groups is 3. The summed E-state index contributed by atoms with van der Waals surface area (Å²) in [7, 11) is 3.40. The van der Waals surface area contributed by atoms with Crippen LogP contribution in [0.2, 0.25) is 0 Å². The summed E-state index contributed by atoms with van der Waals surface area (Å²) in [5, 5.41) is 2.89.